The van der Waals surface area contributed by atoms with E-state index in [1.54, 1.807) is 16.9 Å². The molecular weight excluding hydrogens is 248 g/mol. The molecule has 1 heterocycles. The lowest BCUT2D eigenvalue weighted by molar-refractivity contribution is -0.148. The van der Waals surface area contributed by atoms with E-state index in [2.05, 4.69) is 0 Å². The predicted octanol–water partition coefficient (Wildman–Crippen LogP) is 1.26. The van der Waals surface area contributed by atoms with Gasteiger partial charge >= 0.3 is 12.0 Å². The van der Waals surface area contributed by atoms with E-state index in [4.69, 9.17) is 4.74 Å². The summed E-state index contributed by atoms with van der Waals surface area (Å²) in [6.07, 6.45) is 1.09. The number of methoxy groups -OCH3 is 1. The third-order valence-electron chi connectivity index (χ3n) is 3.97. The summed E-state index contributed by atoms with van der Waals surface area (Å²) in [5, 5.41) is 9.33. The van der Waals surface area contributed by atoms with E-state index in [0.717, 1.165) is 0 Å². The van der Waals surface area contributed by atoms with Crippen molar-refractivity contribution in [1.29, 1.82) is 0 Å². The smallest absolute Gasteiger partial charge is 0.320 e. The molecule has 1 unspecified atom stereocenters. The van der Waals surface area contributed by atoms with E-state index in [-0.39, 0.29) is 6.03 Å². The molecule has 6 nitrogen and oxygen atoms in total. The number of rotatable bonds is 6. The second kappa shape index (κ2) is 6.75. The minimum Gasteiger partial charge on any atom is -0.481 e. The number of hydrogen-bond acceptors (Lipinski definition) is 3. The van der Waals surface area contributed by atoms with E-state index in [9.17, 15) is 14.7 Å². The molecule has 2 amide bonds. The lowest BCUT2D eigenvalue weighted by Crippen LogP contribution is -2.45. The van der Waals surface area contributed by atoms with Crippen molar-refractivity contribution in [3.8, 4) is 0 Å². The normalized spacial score (nSPS) is 22.6. The number of urea groups is 1. The molecule has 0 aromatic carbocycles. The number of hydrogen-bond donors (Lipinski definition) is 1. The van der Waals surface area contributed by atoms with E-state index in [0.29, 0.717) is 45.6 Å². The fourth-order valence-electron chi connectivity index (χ4n) is 2.44. The van der Waals surface area contributed by atoms with Crippen LogP contribution in [-0.2, 0) is 9.53 Å². The van der Waals surface area contributed by atoms with Crippen LogP contribution in [0.2, 0.25) is 0 Å². The lowest BCUT2D eigenvalue weighted by atomic mass is 9.84. The van der Waals surface area contributed by atoms with Crippen LogP contribution in [0.3, 0.4) is 0 Å². The van der Waals surface area contributed by atoms with E-state index >= 15 is 0 Å². The van der Waals surface area contributed by atoms with Crippen LogP contribution in [0.25, 0.3) is 0 Å². The van der Waals surface area contributed by atoms with Crippen LogP contribution in [-0.4, -0.2) is 66.8 Å². The van der Waals surface area contributed by atoms with Crippen molar-refractivity contribution in [2.24, 2.45) is 5.41 Å². The number of carboxylic acid groups (broad SMARTS) is 1. The van der Waals surface area contributed by atoms with Crippen molar-refractivity contribution in [3.05, 3.63) is 0 Å². The Morgan fingerprint density at radius 1 is 1.42 bits per heavy atom. The topological polar surface area (TPSA) is 70.1 Å². The number of carbonyl (C=O) groups is 2. The molecule has 0 bridgehead atoms. The number of ether oxygens (including phenoxy) is 1. The van der Waals surface area contributed by atoms with E-state index in [1.165, 1.54) is 0 Å². The minimum absolute atomic E-state index is 0.0869. The van der Waals surface area contributed by atoms with E-state index < -0.39 is 11.4 Å². The first kappa shape index (κ1) is 15.8. The van der Waals surface area contributed by atoms with Crippen LogP contribution < -0.4 is 0 Å². The van der Waals surface area contributed by atoms with Crippen molar-refractivity contribution in [1.82, 2.24) is 9.80 Å². The van der Waals surface area contributed by atoms with Crippen molar-refractivity contribution in [2.45, 2.75) is 26.7 Å². The van der Waals surface area contributed by atoms with Crippen molar-refractivity contribution in [3.63, 3.8) is 0 Å². The number of nitrogens with zero attached hydrogens (tertiary/aromatic N) is 2. The van der Waals surface area contributed by atoms with Gasteiger partial charge in [0.25, 0.3) is 0 Å². The number of carboxylic acids is 1. The quantitative estimate of drug-likeness (QED) is 0.790. The molecular formula is C13H24N2O4. The summed E-state index contributed by atoms with van der Waals surface area (Å²) in [5.41, 5.74) is -0.768. The van der Waals surface area contributed by atoms with Crippen LogP contribution in [0, 0.1) is 5.41 Å². The minimum atomic E-state index is -0.801. The van der Waals surface area contributed by atoms with Gasteiger partial charge in [0.15, 0.2) is 0 Å². The predicted molar refractivity (Wildman–Crippen MR) is 71.1 cm³/mol. The zero-order valence-electron chi connectivity index (χ0n) is 12.0. The largest absolute Gasteiger partial charge is 0.481 e. The third kappa shape index (κ3) is 3.37. The second-order valence-electron chi connectivity index (χ2n) is 4.97. The molecule has 0 saturated carbocycles. The summed E-state index contributed by atoms with van der Waals surface area (Å²) in [6.45, 7) is 6.23. The average molecular weight is 272 g/mol. The highest BCUT2D eigenvalue weighted by molar-refractivity contribution is 5.79. The Hall–Kier alpha value is -1.30. The van der Waals surface area contributed by atoms with Gasteiger partial charge in [-0.05, 0) is 19.8 Å². The van der Waals surface area contributed by atoms with Gasteiger partial charge in [0, 0.05) is 33.3 Å². The Morgan fingerprint density at radius 2 is 2.11 bits per heavy atom. The Morgan fingerprint density at radius 3 is 2.53 bits per heavy atom. The van der Waals surface area contributed by atoms with Crippen LogP contribution in [0.4, 0.5) is 4.79 Å². The molecule has 6 heteroatoms. The zero-order chi connectivity index (χ0) is 14.5. The maximum absolute atomic E-state index is 12.3. The van der Waals surface area contributed by atoms with Gasteiger partial charge in [-0.3, -0.25) is 4.79 Å². The molecule has 1 fully saturated rings. The van der Waals surface area contributed by atoms with Gasteiger partial charge in [-0.1, -0.05) is 6.92 Å². The lowest BCUT2D eigenvalue weighted by Gasteiger charge is -2.28. The summed E-state index contributed by atoms with van der Waals surface area (Å²) in [4.78, 5) is 27.0. The van der Waals surface area contributed by atoms with Gasteiger partial charge in [-0.2, -0.15) is 0 Å². The Bertz CT molecular complexity index is 335. The zero-order valence-corrected chi connectivity index (χ0v) is 12.0. The summed E-state index contributed by atoms with van der Waals surface area (Å²) in [5.74, 6) is -0.801. The van der Waals surface area contributed by atoms with Gasteiger partial charge < -0.3 is 19.6 Å². The summed E-state index contributed by atoms with van der Waals surface area (Å²) >= 11 is 0. The molecule has 1 aliphatic heterocycles. The molecule has 0 aromatic rings. The molecule has 0 radical (unpaired) electrons. The highest BCUT2D eigenvalue weighted by Gasteiger charge is 2.45. The summed E-state index contributed by atoms with van der Waals surface area (Å²) < 4.78 is 4.98. The average Bonchev–Trinajstić information content (AvgIpc) is 2.85. The van der Waals surface area contributed by atoms with Gasteiger partial charge in [-0.15, -0.1) is 0 Å². The van der Waals surface area contributed by atoms with E-state index in [1.807, 2.05) is 13.8 Å². The van der Waals surface area contributed by atoms with Gasteiger partial charge in [0.05, 0.1) is 12.0 Å². The van der Waals surface area contributed by atoms with Crippen LogP contribution in [0.5, 0.6) is 0 Å². The number of amides is 2. The van der Waals surface area contributed by atoms with Crippen LogP contribution >= 0.6 is 0 Å². The number of likely N-dealkylation sites (N-methyl/N-ethyl adjacent to an activating group) is 1. The Labute approximate surface area is 114 Å². The first-order valence-electron chi connectivity index (χ1n) is 6.77. The highest BCUT2D eigenvalue weighted by Crippen LogP contribution is 2.34. The standard InChI is InChI=1S/C13H24N2O4/c1-4-13(11(16)17)6-7-15(10-13)12(18)14(5-2)8-9-19-3/h4-10H2,1-3H3,(H,16,17). The fourth-order valence-corrected chi connectivity index (χ4v) is 2.44. The van der Waals surface area contributed by atoms with Crippen molar-refractivity contribution >= 4 is 12.0 Å². The maximum atomic E-state index is 12.3. The number of aliphatic carboxylic acids is 1. The van der Waals surface area contributed by atoms with Crippen LogP contribution in [0.1, 0.15) is 26.7 Å². The molecule has 1 rings (SSSR count). The van der Waals surface area contributed by atoms with Gasteiger partial charge in [0.2, 0.25) is 0 Å². The van der Waals surface area contributed by atoms with Gasteiger partial charge in [-0.25, -0.2) is 4.79 Å². The number of likely N-dealkylation sites (tertiary alicyclic amines) is 1. The molecule has 19 heavy (non-hydrogen) atoms. The highest BCUT2D eigenvalue weighted by atomic mass is 16.5. The first-order chi connectivity index (χ1) is 9.00. The molecule has 0 spiro atoms. The molecule has 0 aliphatic carbocycles. The summed E-state index contributed by atoms with van der Waals surface area (Å²) in [6, 6.07) is -0.0869. The molecule has 1 aliphatic rings. The number of carbonyl (C=O) groups excluding carboxylic acids is 1. The van der Waals surface area contributed by atoms with Crippen molar-refractivity contribution < 1.29 is 19.4 Å². The molecule has 0 aromatic heterocycles. The molecule has 1 saturated heterocycles. The maximum Gasteiger partial charge on any atom is 0.320 e. The SMILES string of the molecule is CCN(CCOC)C(=O)N1CCC(CC)(C(=O)O)C1. The molecule has 1 N–H and O–H groups in total. The monoisotopic (exact) mass is 272 g/mol. The fraction of sp³-hybridized carbons (Fsp3) is 0.846. The second-order valence-corrected chi connectivity index (χ2v) is 4.97. The van der Waals surface area contributed by atoms with Crippen LogP contribution in [0.15, 0.2) is 0 Å². The molecule has 110 valence electrons. The third-order valence-corrected chi connectivity index (χ3v) is 3.97. The Kier molecular flexibility index (Phi) is 5.60. The Balaban J connectivity index is 2.67. The molecule has 1 atom stereocenters. The first-order valence-corrected chi connectivity index (χ1v) is 6.77. The summed E-state index contributed by atoms with van der Waals surface area (Å²) in [7, 11) is 1.60. The van der Waals surface area contributed by atoms with Crippen molar-refractivity contribution in [2.75, 3.05) is 39.9 Å². The van der Waals surface area contributed by atoms with Gasteiger partial charge in [0.1, 0.15) is 0 Å².